The minimum absolute atomic E-state index is 0.0616. The molecular weight excluding hydrogens is 324 g/mol. The molecule has 2 aromatic rings. The van der Waals surface area contributed by atoms with E-state index in [9.17, 15) is 15.2 Å². The maximum Gasteiger partial charge on any atom is 0.338 e. The van der Waals surface area contributed by atoms with Gasteiger partial charge in [0, 0.05) is 10.6 Å². The normalized spacial score (nSPS) is 11.2. The monoisotopic (exact) mass is 342 g/mol. The van der Waals surface area contributed by atoms with Crippen molar-refractivity contribution >= 4 is 17.6 Å². The maximum absolute atomic E-state index is 11.8. The first kappa shape index (κ1) is 18.0. The molecule has 5 heteroatoms. The molecule has 0 saturated carbocycles. The van der Waals surface area contributed by atoms with Gasteiger partial charge in [-0.2, -0.15) is 5.26 Å². The fraction of sp³-hybridized carbons (Fsp3) is 0.316. The first-order valence-corrected chi connectivity index (χ1v) is 7.94. The van der Waals surface area contributed by atoms with Crippen molar-refractivity contribution in [1.82, 2.24) is 4.98 Å². The standard InChI is InChI=1S/C19H19ClN2O2/c1-11-16(18(23)24)17(12-5-7-13(20)8-6-12)14(10-21)15(22-11)9-19(2,3)4/h5-8H,9H2,1-4H3,(H,23,24). The van der Waals surface area contributed by atoms with Crippen molar-refractivity contribution in [3.8, 4) is 17.2 Å². The molecule has 1 aromatic carbocycles. The SMILES string of the molecule is Cc1nc(CC(C)(C)C)c(C#N)c(-c2ccc(Cl)cc2)c1C(=O)O. The number of hydrogen-bond donors (Lipinski definition) is 1. The molecule has 4 nitrogen and oxygen atoms in total. The molecular formula is C19H19ClN2O2. The van der Waals surface area contributed by atoms with Gasteiger partial charge in [0.2, 0.25) is 0 Å². The third kappa shape index (κ3) is 3.74. The van der Waals surface area contributed by atoms with Crippen LogP contribution in [0.1, 0.15) is 48.1 Å². The highest BCUT2D eigenvalue weighted by molar-refractivity contribution is 6.30. The number of carboxylic acid groups (broad SMARTS) is 1. The molecule has 0 unspecified atom stereocenters. The molecule has 0 atom stereocenters. The average molecular weight is 343 g/mol. The van der Waals surface area contributed by atoms with E-state index in [1.54, 1.807) is 31.2 Å². The summed E-state index contributed by atoms with van der Waals surface area (Å²) in [4.78, 5) is 16.2. The van der Waals surface area contributed by atoms with E-state index in [0.717, 1.165) is 0 Å². The number of rotatable bonds is 3. The minimum atomic E-state index is -1.09. The number of benzene rings is 1. The Balaban J connectivity index is 2.84. The lowest BCUT2D eigenvalue weighted by Gasteiger charge is -2.21. The van der Waals surface area contributed by atoms with Crippen molar-refractivity contribution in [2.45, 2.75) is 34.1 Å². The second kappa shape index (κ2) is 6.62. The van der Waals surface area contributed by atoms with Crippen LogP contribution in [0, 0.1) is 23.7 Å². The van der Waals surface area contributed by atoms with E-state index in [4.69, 9.17) is 11.6 Å². The fourth-order valence-corrected chi connectivity index (χ4v) is 2.81. The molecule has 0 aliphatic rings. The van der Waals surface area contributed by atoms with E-state index < -0.39 is 5.97 Å². The number of aromatic carboxylic acids is 1. The van der Waals surface area contributed by atoms with Gasteiger partial charge in [0.25, 0.3) is 0 Å². The number of pyridine rings is 1. The van der Waals surface area contributed by atoms with Crippen LogP contribution in [-0.4, -0.2) is 16.1 Å². The Morgan fingerprint density at radius 1 is 1.29 bits per heavy atom. The summed E-state index contributed by atoms with van der Waals surface area (Å²) in [5.74, 6) is -1.09. The molecule has 0 aliphatic carbocycles. The Morgan fingerprint density at radius 3 is 2.33 bits per heavy atom. The lowest BCUT2D eigenvalue weighted by Crippen LogP contribution is -2.16. The smallest absolute Gasteiger partial charge is 0.338 e. The molecule has 0 fully saturated rings. The van der Waals surface area contributed by atoms with Crippen molar-refractivity contribution in [1.29, 1.82) is 5.26 Å². The van der Waals surface area contributed by atoms with E-state index in [2.05, 4.69) is 31.8 Å². The molecule has 0 saturated heterocycles. The Labute approximate surface area is 146 Å². The van der Waals surface area contributed by atoms with Crippen LogP contribution in [0.5, 0.6) is 0 Å². The van der Waals surface area contributed by atoms with Crippen LogP contribution in [0.15, 0.2) is 24.3 Å². The van der Waals surface area contributed by atoms with Gasteiger partial charge in [0.1, 0.15) is 6.07 Å². The Morgan fingerprint density at radius 2 is 1.88 bits per heavy atom. The number of aryl methyl sites for hydroxylation is 1. The Hall–Kier alpha value is -2.38. The third-order valence-electron chi connectivity index (χ3n) is 3.61. The van der Waals surface area contributed by atoms with Crippen LogP contribution >= 0.6 is 11.6 Å². The number of carbonyl (C=O) groups is 1. The van der Waals surface area contributed by atoms with E-state index in [0.29, 0.717) is 39.5 Å². The van der Waals surface area contributed by atoms with Gasteiger partial charge in [-0.1, -0.05) is 44.5 Å². The molecule has 0 amide bonds. The van der Waals surface area contributed by atoms with Crippen LogP contribution in [-0.2, 0) is 6.42 Å². The fourth-order valence-electron chi connectivity index (χ4n) is 2.68. The number of carboxylic acids is 1. The second-order valence-corrected chi connectivity index (χ2v) is 7.37. The summed E-state index contributed by atoms with van der Waals surface area (Å²) in [5.41, 5.74) is 2.39. The van der Waals surface area contributed by atoms with Crippen molar-refractivity contribution in [2.24, 2.45) is 5.41 Å². The van der Waals surface area contributed by atoms with E-state index in [1.807, 2.05) is 0 Å². The van der Waals surface area contributed by atoms with E-state index >= 15 is 0 Å². The summed E-state index contributed by atoms with van der Waals surface area (Å²) in [6, 6.07) is 8.99. The van der Waals surface area contributed by atoms with Gasteiger partial charge < -0.3 is 5.11 Å². The van der Waals surface area contributed by atoms with Crippen LogP contribution in [0.3, 0.4) is 0 Å². The molecule has 1 N–H and O–H groups in total. The van der Waals surface area contributed by atoms with Gasteiger partial charge in [-0.25, -0.2) is 4.79 Å². The summed E-state index contributed by atoms with van der Waals surface area (Å²) in [5, 5.41) is 19.9. The van der Waals surface area contributed by atoms with Crippen LogP contribution < -0.4 is 0 Å². The van der Waals surface area contributed by atoms with Crippen LogP contribution in [0.4, 0.5) is 0 Å². The molecule has 0 bridgehead atoms. The Kier molecular flexibility index (Phi) is 4.96. The topological polar surface area (TPSA) is 74.0 Å². The highest BCUT2D eigenvalue weighted by Gasteiger charge is 2.25. The quantitative estimate of drug-likeness (QED) is 0.863. The van der Waals surface area contributed by atoms with Gasteiger partial charge in [-0.05, 0) is 36.5 Å². The second-order valence-electron chi connectivity index (χ2n) is 6.93. The van der Waals surface area contributed by atoms with Crippen LogP contribution in [0.25, 0.3) is 11.1 Å². The molecule has 0 radical (unpaired) electrons. The molecule has 0 aliphatic heterocycles. The summed E-state index contributed by atoms with van der Waals surface area (Å²) >= 11 is 5.93. The van der Waals surface area contributed by atoms with Gasteiger partial charge >= 0.3 is 5.97 Å². The highest BCUT2D eigenvalue weighted by atomic mass is 35.5. The van der Waals surface area contributed by atoms with Crippen molar-refractivity contribution < 1.29 is 9.90 Å². The lowest BCUT2D eigenvalue weighted by atomic mass is 9.85. The zero-order valence-electron chi connectivity index (χ0n) is 14.1. The Bertz CT molecular complexity index is 828. The zero-order valence-corrected chi connectivity index (χ0v) is 14.9. The molecule has 2 rings (SSSR count). The molecule has 0 spiro atoms. The lowest BCUT2D eigenvalue weighted by molar-refractivity contribution is 0.0696. The largest absolute Gasteiger partial charge is 0.478 e. The van der Waals surface area contributed by atoms with E-state index in [-0.39, 0.29) is 11.0 Å². The van der Waals surface area contributed by atoms with Gasteiger partial charge in [-0.15, -0.1) is 0 Å². The predicted molar refractivity (Wildman–Crippen MR) is 94.3 cm³/mol. The maximum atomic E-state index is 11.8. The summed E-state index contributed by atoms with van der Waals surface area (Å²) < 4.78 is 0. The third-order valence-corrected chi connectivity index (χ3v) is 3.86. The number of halogens is 1. The number of nitrogens with zero attached hydrogens (tertiary/aromatic N) is 2. The first-order valence-electron chi connectivity index (χ1n) is 7.57. The highest BCUT2D eigenvalue weighted by Crippen LogP contribution is 2.34. The summed E-state index contributed by atoms with van der Waals surface area (Å²) in [7, 11) is 0. The number of hydrogen-bond acceptors (Lipinski definition) is 3. The minimum Gasteiger partial charge on any atom is -0.478 e. The number of aromatic nitrogens is 1. The number of nitriles is 1. The van der Waals surface area contributed by atoms with Crippen molar-refractivity contribution in [3.63, 3.8) is 0 Å². The summed E-state index contributed by atoms with van der Waals surface area (Å²) in [6.07, 6.45) is 0.581. The molecule has 124 valence electrons. The average Bonchev–Trinajstić information content (AvgIpc) is 2.45. The molecule has 24 heavy (non-hydrogen) atoms. The summed E-state index contributed by atoms with van der Waals surface area (Å²) in [6.45, 7) is 7.82. The van der Waals surface area contributed by atoms with Gasteiger partial charge in [0.05, 0.1) is 22.5 Å². The van der Waals surface area contributed by atoms with Crippen LogP contribution in [0.2, 0.25) is 5.02 Å². The van der Waals surface area contributed by atoms with Gasteiger partial charge in [0.15, 0.2) is 0 Å². The first-order chi connectivity index (χ1) is 11.1. The van der Waals surface area contributed by atoms with Crippen molar-refractivity contribution in [2.75, 3.05) is 0 Å². The van der Waals surface area contributed by atoms with Gasteiger partial charge in [-0.3, -0.25) is 4.98 Å². The molecule has 1 aromatic heterocycles. The zero-order chi connectivity index (χ0) is 18.1. The van der Waals surface area contributed by atoms with Crippen molar-refractivity contribution in [3.05, 3.63) is 51.8 Å². The predicted octanol–water partition coefficient (Wildman–Crippen LogP) is 4.87. The van der Waals surface area contributed by atoms with E-state index in [1.165, 1.54) is 0 Å². The molecule has 1 heterocycles.